The van der Waals surface area contributed by atoms with E-state index in [0.717, 1.165) is 69.4 Å². The number of ether oxygens (including phenoxy) is 3. The van der Waals surface area contributed by atoms with E-state index in [-0.39, 0.29) is 5.54 Å². The van der Waals surface area contributed by atoms with Gasteiger partial charge >= 0.3 is 0 Å². The first-order valence-electron chi connectivity index (χ1n) is 8.26. The Morgan fingerprint density at radius 1 is 1.22 bits per heavy atom. The summed E-state index contributed by atoms with van der Waals surface area (Å²) in [6.07, 6.45) is 3.99. The highest BCUT2D eigenvalue weighted by Crippen LogP contribution is 2.33. The topological polar surface area (TPSA) is 47.1 Å². The van der Waals surface area contributed by atoms with Crippen LogP contribution in [-0.2, 0) is 11.3 Å². The third kappa shape index (κ3) is 3.29. The fourth-order valence-corrected chi connectivity index (χ4v) is 3.75. The fourth-order valence-electron chi connectivity index (χ4n) is 3.75. The number of hydrogen-bond acceptors (Lipinski definition) is 6. The van der Waals surface area contributed by atoms with Crippen molar-refractivity contribution in [1.29, 1.82) is 0 Å². The van der Waals surface area contributed by atoms with Crippen LogP contribution in [0.4, 0.5) is 0 Å². The number of rotatable bonds is 4. The van der Waals surface area contributed by atoms with Gasteiger partial charge in [-0.15, -0.1) is 0 Å². The molecule has 2 aliphatic heterocycles. The van der Waals surface area contributed by atoms with E-state index in [2.05, 4.69) is 21.8 Å². The lowest BCUT2D eigenvalue weighted by Gasteiger charge is -2.51. The molecule has 2 fully saturated rings. The molecule has 6 nitrogen and oxygen atoms in total. The van der Waals surface area contributed by atoms with Crippen LogP contribution in [0.1, 0.15) is 18.5 Å². The molecule has 3 heterocycles. The molecule has 0 unspecified atom stereocenters. The van der Waals surface area contributed by atoms with Crippen molar-refractivity contribution in [3.8, 4) is 11.5 Å². The summed E-state index contributed by atoms with van der Waals surface area (Å²) in [5.41, 5.74) is 1.18. The average molecular weight is 321 g/mol. The first-order valence-corrected chi connectivity index (χ1v) is 8.26. The van der Waals surface area contributed by atoms with Crippen LogP contribution in [-0.4, -0.2) is 74.4 Å². The molecule has 0 aliphatic carbocycles. The van der Waals surface area contributed by atoms with E-state index >= 15 is 0 Å². The molecule has 1 spiro atoms. The Balaban J connectivity index is 1.76. The van der Waals surface area contributed by atoms with Gasteiger partial charge in [0.05, 0.1) is 14.2 Å². The molecule has 0 amide bonds. The molecule has 1 aromatic heterocycles. The van der Waals surface area contributed by atoms with Crippen LogP contribution in [0.25, 0.3) is 0 Å². The number of piperazine rings is 1. The van der Waals surface area contributed by atoms with E-state index in [0.29, 0.717) is 0 Å². The summed E-state index contributed by atoms with van der Waals surface area (Å²) in [4.78, 5) is 9.52. The number of aromatic nitrogens is 1. The van der Waals surface area contributed by atoms with Crippen molar-refractivity contribution in [3.63, 3.8) is 0 Å². The first kappa shape index (κ1) is 16.5. The van der Waals surface area contributed by atoms with E-state index in [9.17, 15) is 0 Å². The second-order valence-electron chi connectivity index (χ2n) is 6.46. The zero-order valence-electron chi connectivity index (χ0n) is 14.4. The summed E-state index contributed by atoms with van der Waals surface area (Å²) < 4.78 is 16.5. The largest absolute Gasteiger partial charge is 0.493 e. The molecule has 3 rings (SSSR count). The maximum atomic E-state index is 5.57. The number of likely N-dealkylation sites (N-methyl/N-ethyl adjacent to an activating group) is 1. The van der Waals surface area contributed by atoms with Crippen molar-refractivity contribution in [2.24, 2.45) is 0 Å². The zero-order valence-corrected chi connectivity index (χ0v) is 14.4. The Bertz CT molecular complexity index is 532. The molecule has 0 N–H and O–H groups in total. The highest BCUT2D eigenvalue weighted by atomic mass is 16.5. The summed E-state index contributed by atoms with van der Waals surface area (Å²) in [7, 11) is 5.58. The fraction of sp³-hybridized carbons (Fsp3) is 0.706. The van der Waals surface area contributed by atoms with Gasteiger partial charge in [0.15, 0.2) is 11.5 Å². The smallest absolute Gasteiger partial charge is 0.183 e. The second-order valence-corrected chi connectivity index (χ2v) is 6.46. The van der Waals surface area contributed by atoms with Crippen molar-refractivity contribution in [1.82, 2.24) is 14.8 Å². The van der Waals surface area contributed by atoms with Crippen molar-refractivity contribution < 1.29 is 14.2 Å². The van der Waals surface area contributed by atoms with Gasteiger partial charge in [-0.25, -0.2) is 0 Å². The van der Waals surface area contributed by atoms with Crippen LogP contribution >= 0.6 is 0 Å². The Morgan fingerprint density at radius 3 is 2.70 bits per heavy atom. The minimum atomic E-state index is 0.239. The summed E-state index contributed by atoms with van der Waals surface area (Å²) in [6.45, 7) is 5.68. The van der Waals surface area contributed by atoms with Gasteiger partial charge in [0, 0.05) is 57.2 Å². The first-order chi connectivity index (χ1) is 11.2. The van der Waals surface area contributed by atoms with Gasteiger partial charge in [-0.3, -0.25) is 14.8 Å². The summed E-state index contributed by atoms with van der Waals surface area (Å²) in [5, 5.41) is 0. The van der Waals surface area contributed by atoms with Crippen molar-refractivity contribution in [3.05, 3.63) is 18.0 Å². The molecule has 1 aromatic rings. The predicted molar refractivity (Wildman–Crippen MR) is 88.0 cm³/mol. The second kappa shape index (κ2) is 7.03. The van der Waals surface area contributed by atoms with Crippen molar-refractivity contribution in [2.45, 2.75) is 24.9 Å². The lowest BCUT2D eigenvalue weighted by Crippen LogP contribution is -2.62. The predicted octanol–water partition coefficient (Wildman–Crippen LogP) is 1.40. The number of methoxy groups -OCH3 is 2. The Labute approximate surface area is 138 Å². The van der Waals surface area contributed by atoms with Crippen LogP contribution in [0.15, 0.2) is 12.3 Å². The van der Waals surface area contributed by atoms with Gasteiger partial charge in [0.1, 0.15) is 5.69 Å². The van der Waals surface area contributed by atoms with Gasteiger partial charge in [0.25, 0.3) is 0 Å². The highest BCUT2D eigenvalue weighted by Gasteiger charge is 2.41. The molecule has 128 valence electrons. The number of pyridine rings is 1. The standard InChI is InChI=1S/C17H27N3O3/c1-19-8-9-20(13-17(19)5-10-23-11-6-17)12-14-16(22-3)15(21-2)4-7-18-14/h4,7H,5-6,8-13H2,1-3H3. The van der Waals surface area contributed by atoms with Crippen LogP contribution in [0, 0.1) is 0 Å². The Morgan fingerprint density at radius 2 is 2.00 bits per heavy atom. The van der Waals surface area contributed by atoms with Gasteiger partial charge in [-0.2, -0.15) is 0 Å². The third-order valence-electron chi connectivity index (χ3n) is 5.24. The summed E-state index contributed by atoms with van der Waals surface area (Å²) >= 11 is 0. The van der Waals surface area contributed by atoms with E-state index in [4.69, 9.17) is 14.2 Å². The molecule has 2 aliphatic rings. The minimum absolute atomic E-state index is 0.239. The molecule has 0 aromatic carbocycles. The molecule has 6 heteroatoms. The lowest BCUT2D eigenvalue weighted by molar-refractivity contribution is -0.0628. The SMILES string of the molecule is COc1ccnc(CN2CCN(C)C3(CCOCC3)C2)c1OC. The average Bonchev–Trinajstić information content (AvgIpc) is 2.59. The van der Waals surface area contributed by atoms with Gasteiger partial charge < -0.3 is 14.2 Å². The van der Waals surface area contributed by atoms with Crippen LogP contribution in [0.3, 0.4) is 0 Å². The molecule has 0 saturated carbocycles. The maximum absolute atomic E-state index is 5.57. The molecule has 2 saturated heterocycles. The van der Waals surface area contributed by atoms with E-state index in [1.165, 1.54) is 0 Å². The highest BCUT2D eigenvalue weighted by molar-refractivity contribution is 5.42. The molecule has 0 radical (unpaired) electrons. The summed E-state index contributed by atoms with van der Waals surface area (Å²) in [6, 6.07) is 1.84. The summed E-state index contributed by atoms with van der Waals surface area (Å²) in [5.74, 6) is 1.49. The number of hydrogen-bond donors (Lipinski definition) is 0. The van der Waals surface area contributed by atoms with Gasteiger partial charge in [-0.1, -0.05) is 0 Å². The number of nitrogens with zero attached hydrogens (tertiary/aromatic N) is 3. The molecule has 0 atom stereocenters. The van der Waals surface area contributed by atoms with Gasteiger partial charge in [-0.05, 0) is 19.9 Å². The van der Waals surface area contributed by atoms with Crippen molar-refractivity contribution in [2.75, 3.05) is 54.1 Å². The van der Waals surface area contributed by atoms with Crippen molar-refractivity contribution >= 4 is 0 Å². The molecule has 0 bridgehead atoms. The van der Waals surface area contributed by atoms with Crippen LogP contribution in [0.5, 0.6) is 11.5 Å². The van der Waals surface area contributed by atoms with E-state index in [1.807, 2.05) is 6.07 Å². The van der Waals surface area contributed by atoms with Crippen LogP contribution < -0.4 is 9.47 Å². The normalized spacial score (nSPS) is 22.2. The Kier molecular flexibility index (Phi) is 5.04. The van der Waals surface area contributed by atoms with Gasteiger partial charge in [0.2, 0.25) is 0 Å². The molecular formula is C17H27N3O3. The maximum Gasteiger partial charge on any atom is 0.183 e. The zero-order chi connectivity index (χ0) is 16.3. The van der Waals surface area contributed by atoms with E-state index < -0.39 is 0 Å². The monoisotopic (exact) mass is 321 g/mol. The van der Waals surface area contributed by atoms with Crippen LogP contribution in [0.2, 0.25) is 0 Å². The Hall–Kier alpha value is -1.37. The molecular weight excluding hydrogens is 294 g/mol. The van der Waals surface area contributed by atoms with E-state index in [1.54, 1.807) is 20.4 Å². The molecule has 23 heavy (non-hydrogen) atoms. The third-order valence-corrected chi connectivity index (χ3v) is 5.24. The minimum Gasteiger partial charge on any atom is -0.493 e. The quantitative estimate of drug-likeness (QED) is 0.835. The lowest BCUT2D eigenvalue weighted by atomic mass is 9.86.